The van der Waals surface area contributed by atoms with Crippen molar-refractivity contribution in [1.29, 1.82) is 0 Å². The van der Waals surface area contributed by atoms with Gasteiger partial charge in [0.25, 0.3) is 0 Å². The van der Waals surface area contributed by atoms with Gasteiger partial charge in [0.1, 0.15) is 5.82 Å². The molecule has 1 heterocycles. The van der Waals surface area contributed by atoms with E-state index in [0.717, 1.165) is 24.3 Å². The van der Waals surface area contributed by atoms with Gasteiger partial charge in [-0.25, -0.2) is 4.68 Å². The first kappa shape index (κ1) is 15.3. The molecule has 0 radical (unpaired) electrons. The van der Waals surface area contributed by atoms with Crippen LogP contribution < -0.4 is 4.90 Å². The van der Waals surface area contributed by atoms with Crippen LogP contribution in [0.2, 0.25) is 0 Å². The van der Waals surface area contributed by atoms with Gasteiger partial charge in [0, 0.05) is 19.7 Å². The van der Waals surface area contributed by atoms with E-state index in [1.807, 2.05) is 44.2 Å². The predicted molar refractivity (Wildman–Crippen MR) is 83.3 cm³/mol. The number of aromatic nitrogens is 2. The van der Waals surface area contributed by atoms with E-state index >= 15 is 0 Å². The van der Waals surface area contributed by atoms with Crippen molar-refractivity contribution in [3.63, 3.8) is 0 Å². The predicted octanol–water partition coefficient (Wildman–Crippen LogP) is 2.20. The van der Waals surface area contributed by atoms with Crippen molar-refractivity contribution in [2.45, 2.75) is 20.3 Å². The van der Waals surface area contributed by atoms with Crippen molar-refractivity contribution in [3.8, 4) is 5.69 Å². The Balaban J connectivity index is 2.53. The number of aliphatic hydroxyl groups is 1. The van der Waals surface area contributed by atoms with E-state index in [0.29, 0.717) is 24.2 Å². The average molecular weight is 287 g/mol. The van der Waals surface area contributed by atoms with Crippen molar-refractivity contribution in [2.75, 3.05) is 24.6 Å². The van der Waals surface area contributed by atoms with Gasteiger partial charge in [0.05, 0.1) is 16.9 Å². The number of aldehydes is 1. The van der Waals surface area contributed by atoms with Gasteiger partial charge in [0.2, 0.25) is 0 Å². The van der Waals surface area contributed by atoms with Crippen molar-refractivity contribution < 1.29 is 9.90 Å². The number of rotatable bonds is 7. The van der Waals surface area contributed by atoms with E-state index in [1.165, 1.54) is 0 Å². The smallest absolute Gasteiger partial charge is 0.155 e. The monoisotopic (exact) mass is 287 g/mol. The summed E-state index contributed by atoms with van der Waals surface area (Å²) in [6.45, 7) is 5.44. The lowest BCUT2D eigenvalue weighted by atomic mass is 10.2. The van der Waals surface area contributed by atoms with Gasteiger partial charge in [-0.3, -0.25) is 4.79 Å². The molecule has 2 aromatic rings. The van der Waals surface area contributed by atoms with E-state index in [4.69, 9.17) is 5.11 Å². The molecule has 0 amide bonds. The molecule has 0 aliphatic rings. The molecule has 0 aliphatic heterocycles. The SMILES string of the molecule is CCN(CCCO)c1c(C=O)c(C)nn1-c1ccccc1. The minimum absolute atomic E-state index is 0.130. The van der Waals surface area contributed by atoms with Crippen LogP contribution >= 0.6 is 0 Å². The molecule has 1 aromatic carbocycles. The normalized spacial score (nSPS) is 10.6. The molecule has 1 N–H and O–H groups in total. The molecule has 21 heavy (non-hydrogen) atoms. The fourth-order valence-electron chi connectivity index (χ4n) is 2.39. The van der Waals surface area contributed by atoms with Crippen LogP contribution in [0.25, 0.3) is 5.69 Å². The zero-order valence-corrected chi connectivity index (χ0v) is 12.5. The fraction of sp³-hybridized carbons (Fsp3) is 0.375. The minimum atomic E-state index is 0.130. The third-order valence-corrected chi connectivity index (χ3v) is 3.47. The van der Waals surface area contributed by atoms with Crippen LogP contribution in [0.1, 0.15) is 29.4 Å². The lowest BCUT2D eigenvalue weighted by Crippen LogP contribution is -2.28. The Hall–Kier alpha value is -2.14. The molecule has 0 atom stereocenters. The molecular weight excluding hydrogens is 266 g/mol. The number of nitrogens with zero attached hydrogens (tertiary/aromatic N) is 3. The molecule has 5 nitrogen and oxygen atoms in total. The van der Waals surface area contributed by atoms with Crippen molar-refractivity contribution >= 4 is 12.1 Å². The summed E-state index contributed by atoms with van der Waals surface area (Å²) >= 11 is 0. The van der Waals surface area contributed by atoms with Gasteiger partial charge in [-0.1, -0.05) is 18.2 Å². The second-order valence-corrected chi connectivity index (χ2v) is 4.84. The Morgan fingerprint density at radius 3 is 2.62 bits per heavy atom. The summed E-state index contributed by atoms with van der Waals surface area (Å²) in [5.41, 5.74) is 2.25. The standard InChI is InChI=1S/C16H21N3O2/c1-3-18(10-7-11-20)16-15(12-21)13(2)17-19(16)14-8-5-4-6-9-14/h4-6,8-9,12,20H,3,7,10-11H2,1-2H3. The van der Waals surface area contributed by atoms with Crippen LogP contribution in [0.15, 0.2) is 30.3 Å². The van der Waals surface area contributed by atoms with Gasteiger partial charge in [-0.05, 0) is 32.4 Å². The van der Waals surface area contributed by atoms with Gasteiger partial charge < -0.3 is 10.0 Å². The maximum Gasteiger partial charge on any atom is 0.155 e. The number of aryl methyl sites for hydroxylation is 1. The summed E-state index contributed by atoms with van der Waals surface area (Å²) in [6, 6.07) is 9.76. The number of benzene rings is 1. The summed E-state index contributed by atoms with van der Waals surface area (Å²) in [7, 11) is 0. The second kappa shape index (κ2) is 7.04. The van der Waals surface area contributed by atoms with Crippen LogP contribution in [0.3, 0.4) is 0 Å². The van der Waals surface area contributed by atoms with Crippen LogP contribution in [-0.4, -0.2) is 40.9 Å². The number of carbonyl (C=O) groups excluding carboxylic acids is 1. The van der Waals surface area contributed by atoms with E-state index in [-0.39, 0.29) is 6.61 Å². The largest absolute Gasteiger partial charge is 0.396 e. The quantitative estimate of drug-likeness (QED) is 0.793. The maximum atomic E-state index is 11.5. The Morgan fingerprint density at radius 1 is 1.33 bits per heavy atom. The highest BCUT2D eigenvalue weighted by molar-refractivity contribution is 5.85. The molecule has 2 rings (SSSR count). The van der Waals surface area contributed by atoms with E-state index in [2.05, 4.69) is 10.00 Å². The summed E-state index contributed by atoms with van der Waals surface area (Å²) in [6.07, 6.45) is 1.52. The number of hydrogen-bond acceptors (Lipinski definition) is 4. The molecule has 0 saturated heterocycles. The van der Waals surface area contributed by atoms with Crippen molar-refractivity contribution in [1.82, 2.24) is 9.78 Å². The number of para-hydroxylation sites is 1. The first-order valence-corrected chi connectivity index (χ1v) is 7.19. The van der Waals surface area contributed by atoms with E-state index in [1.54, 1.807) is 4.68 Å². The molecule has 5 heteroatoms. The van der Waals surface area contributed by atoms with Gasteiger partial charge in [0.15, 0.2) is 6.29 Å². The lowest BCUT2D eigenvalue weighted by molar-refractivity contribution is 0.112. The second-order valence-electron chi connectivity index (χ2n) is 4.84. The van der Waals surface area contributed by atoms with E-state index < -0.39 is 0 Å². The van der Waals surface area contributed by atoms with E-state index in [9.17, 15) is 4.79 Å². The molecule has 0 spiro atoms. The molecule has 0 aliphatic carbocycles. The Bertz CT molecular complexity index is 593. The highest BCUT2D eigenvalue weighted by Gasteiger charge is 2.20. The first-order chi connectivity index (χ1) is 10.2. The highest BCUT2D eigenvalue weighted by Crippen LogP contribution is 2.26. The van der Waals surface area contributed by atoms with Crippen LogP contribution in [0, 0.1) is 6.92 Å². The van der Waals surface area contributed by atoms with Crippen molar-refractivity contribution in [3.05, 3.63) is 41.6 Å². The Kier molecular flexibility index (Phi) is 5.11. The molecule has 1 aromatic heterocycles. The minimum Gasteiger partial charge on any atom is -0.396 e. The molecule has 0 bridgehead atoms. The number of aliphatic hydroxyl groups excluding tert-OH is 1. The van der Waals surface area contributed by atoms with Gasteiger partial charge >= 0.3 is 0 Å². The molecule has 0 unspecified atom stereocenters. The summed E-state index contributed by atoms with van der Waals surface area (Å²) in [5.74, 6) is 0.796. The number of carbonyl (C=O) groups is 1. The van der Waals surface area contributed by atoms with Crippen molar-refractivity contribution in [2.24, 2.45) is 0 Å². The zero-order valence-electron chi connectivity index (χ0n) is 12.5. The topological polar surface area (TPSA) is 58.4 Å². The average Bonchev–Trinajstić information content (AvgIpc) is 2.86. The Labute approximate surface area is 124 Å². The zero-order chi connectivity index (χ0) is 15.2. The van der Waals surface area contributed by atoms with Crippen LogP contribution in [-0.2, 0) is 0 Å². The van der Waals surface area contributed by atoms with Gasteiger partial charge in [-0.2, -0.15) is 5.10 Å². The summed E-state index contributed by atoms with van der Waals surface area (Å²) in [4.78, 5) is 13.5. The Morgan fingerprint density at radius 2 is 2.05 bits per heavy atom. The molecular formula is C16H21N3O2. The lowest BCUT2D eigenvalue weighted by Gasteiger charge is -2.24. The van der Waals surface area contributed by atoms with Crippen LogP contribution in [0.5, 0.6) is 0 Å². The summed E-state index contributed by atoms with van der Waals surface area (Å²) < 4.78 is 1.81. The van der Waals surface area contributed by atoms with Crippen LogP contribution in [0.4, 0.5) is 5.82 Å². The summed E-state index contributed by atoms with van der Waals surface area (Å²) in [5, 5.41) is 13.6. The fourth-order valence-corrected chi connectivity index (χ4v) is 2.39. The third-order valence-electron chi connectivity index (χ3n) is 3.47. The number of anilines is 1. The molecule has 0 saturated carbocycles. The maximum absolute atomic E-state index is 11.5. The molecule has 0 fully saturated rings. The molecule has 112 valence electrons. The first-order valence-electron chi connectivity index (χ1n) is 7.19. The third kappa shape index (κ3) is 3.13. The highest BCUT2D eigenvalue weighted by atomic mass is 16.3. The van der Waals surface area contributed by atoms with Gasteiger partial charge in [-0.15, -0.1) is 0 Å². The number of hydrogen-bond donors (Lipinski definition) is 1.